The lowest BCUT2D eigenvalue weighted by Crippen LogP contribution is -2.39. The molecule has 0 aromatic heterocycles. The summed E-state index contributed by atoms with van der Waals surface area (Å²) in [5, 5.41) is 10.8. The molecule has 22 heavy (non-hydrogen) atoms. The quantitative estimate of drug-likeness (QED) is 0.472. The Morgan fingerprint density at radius 2 is 2.14 bits per heavy atom. The number of hydrogen-bond donors (Lipinski definition) is 0. The first-order valence-electron chi connectivity index (χ1n) is 7.11. The maximum absolute atomic E-state index is 12.0. The standard InChI is InChI=1S/C15H18N2O5/c1-10(2)9-22-15(19)8-16-13-5-4-12(17(20)21)7-11(13)3-6-14(16)18/h4-5,7,10H,3,6,8-9H2,1-2H3. The van der Waals surface area contributed by atoms with E-state index in [1.54, 1.807) is 0 Å². The van der Waals surface area contributed by atoms with Crippen LogP contribution in [0.25, 0.3) is 0 Å². The highest BCUT2D eigenvalue weighted by Crippen LogP contribution is 2.30. The molecule has 7 nitrogen and oxygen atoms in total. The Labute approximate surface area is 128 Å². The number of hydrogen-bond acceptors (Lipinski definition) is 5. The van der Waals surface area contributed by atoms with Gasteiger partial charge in [-0.25, -0.2) is 0 Å². The number of fused-ring (bicyclic) bond motifs is 1. The number of ether oxygens (including phenoxy) is 1. The number of amides is 1. The van der Waals surface area contributed by atoms with Crippen LogP contribution in [-0.4, -0.2) is 30.0 Å². The summed E-state index contributed by atoms with van der Waals surface area (Å²) in [7, 11) is 0. The average molecular weight is 306 g/mol. The number of non-ortho nitro benzene ring substituents is 1. The second kappa shape index (κ2) is 6.55. The van der Waals surface area contributed by atoms with Crippen molar-refractivity contribution in [3.05, 3.63) is 33.9 Å². The summed E-state index contributed by atoms with van der Waals surface area (Å²) < 4.78 is 5.09. The number of aryl methyl sites for hydroxylation is 1. The van der Waals surface area contributed by atoms with Gasteiger partial charge in [-0.05, 0) is 24.0 Å². The molecule has 1 aliphatic heterocycles. The third kappa shape index (κ3) is 3.60. The predicted molar refractivity (Wildman–Crippen MR) is 79.6 cm³/mol. The van der Waals surface area contributed by atoms with E-state index in [0.717, 1.165) is 0 Å². The normalized spacial score (nSPS) is 14.0. The Kier molecular flexibility index (Phi) is 4.75. The minimum Gasteiger partial charge on any atom is -0.464 e. The van der Waals surface area contributed by atoms with E-state index in [9.17, 15) is 19.7 Å². The molecule has 1 aromatic rings. The molecular weight excluding hydrogens is 288 g/mol. The molecule has 0 aliphatic carbocycles. The topological polar surface area (TPSA) is 89.8 Å². The molecule has 2 rings (SSSR count). The van der Waals surface area contributed by atoms with Crippen molar-refractivity contribution >= 4 is 23.3 Å². The molecule has 0 saturated carbocycles. The minimum absolute atomic E-state index is 0.0181. The van der Waals surface area contributed by atoms with Crippen molar-refractivity contribution in [2.24, 2.45) is 5.92 Å². The first kappa shape index (κ1) is 15.9. The molecule has 1 amide bonds. The number of benzene rings is 1. The Bertz CT molecular complexity index is 612. The van der Waals surface area contributed by atoms with Crippen LogP contribution in [0.15, 0.2) is 18.2 Å². The van der Waals surface area contributed by atoms with Gasteiger partial charge in [0.25, 0.3) is 5.69 Å². The Morgan fingerprint density at radius 3 is 2.77 bits per heavy atom. The summed E-state index contributed by atoms with van der Waals surface area (Å²) in [5.74, 6) is -0.438. The van der Waals surface area contributed by atoms with Crippen molar-refractivity contribution in [3.8, 4) is 0 Å². The minimum atomic E-state index is -0.478. The monoisotopic (exact) mass is 306 g/mol. The molecule has 0 saturated heterocycles. The summed E-state index contributed by atoms with van der Waals surface area (Å²) >= 11 is 0. The summed E-state index contributed by atoms with van der Waals surface area (Å²) in [5.41, 5.74) is 1.23. The van der Waals surface area contributed by atoms with Crippen LogP contribution in [0.4, 0.5) is 11.4 Å². The Morgan fingerprint density at radius 1 is 1.41 bits per heavy atom. The van der Waals surface area contributed by atoms with Gasteiger partial charge in [0.1, 0.15) is 6.54 Å². The lowest BCUT2D eigenvalue weighted by Gasteiger charge is -2.28. The number of esters is 1. The number of anilines is 1. The largest absolute Gasteiger partial charge is 0.464 e. The summed E-state index contributed by atoms with van der Waals surface area (Å²) in [6, 6.07) is 4.30. The van der Waals surface area contributed by atoms with Gasteiger partial charge in [-0.1, -0.05) is 13.8 Å². The lowest BCUT2D eigenvalue weighted by molar-refractivity contribution is -0.384. The van der Waals surface area contributed by atoms with Crippen molar-refractivity contribution in [1.29, 1.82) is 0 Å². The molecule has 118 valence electrons. The lowest BCUT2D eigenvalue weighted by atomic mass is 10.0. The average Bonchev–Trinajstić information content (AvgIpc) is 2.47. The van der Waals surface area contributed by atoms with Crippen molar-refractivity contribution in [3.63, 3.8) is 0 Å². The van der Waals surface area contributed by atoms with E-state index >= 15 is 0 Å². The van der Waals surface area contributed by atoms with Crippen molar-refractivity contribution in [2.75, 3.05) is 18.1 Å². The molecule has 0 unspecified atom stereocenters. The van der Waals surface area contributed by atoms with Gasteiger partial charge in [-0.3, -0.25) is 19.7 Å². The third-order valence-corrected chi connectivity index (χ3v) is 3.34. The van der Waals surface area contributed by atoms with Crippen LogP contribution < -0.4 is 4.90 Å². The van der Waals surface area contributed by atoms with E-state index < -0.39 is 10.9 Å². The van der Waals surface area contributed by atoms with Crippen LogP contribution in [0.3, 0.4) is 0 Å². The first-order chi connectivity index (χ1) is 10.4. The second-order valence-corrected chi connectivity index (χ2v) is 5.63. The molecule has 0 bridgehead atoms. The van der Waals surface area contributed by atoms with E-state index in [-0.39, 0.29) is 30.5 Å². The SMILES string of the molecule is CC(C)COC(=O)CN1C(=O)CCc2cc([N+](=O)[O-])ccc21. The fourth-order valence-electron chi connectivity index (χ4n) is 2.27. The highest BCUT2D eigenvalue weighted by molar-refractivity contribution is 6.00. The molecule has 7 heteroatoms. The molecule has 1 aliphatic rings. The van der Waals surface area contributed by atoms with Gasteiger partial charge < -0.3 is 9.64 Å². The van der Waals surface area contributed by atoms with E-state index in [4.69, 9.17) is 4.74 Å². The van der Waals surface area contributed by atoms with E-state index in [0.29, 0.717) is 24.3 Å². The van der Waals surface area contributed by atoms with Crippen LogP contribution in [0.5, 0.6) is 0 Å². The zero-order chi connectivity index (χ0) is 16.3. The first-order valence-corrected chi connectivity index (χ1v) is 7.11. The predicted octanol–water partition coefficient (Wildman–Crippen LogP) is 2.07. The molecule has 0 spiro atoms. The van der Waals surface area contributed by atoms with Gasteiger partial charge in [0.2, 0.25) is 5.91 Å². The number of rotatable bonds is 5. The smallest absolute Gasteiger partial charge is 0.326 e. The zero-order valence-electron chi connectivity index (χ0n) is 12.6. The maximum Gasteiger partial charge on any atom is 0.326 e. The fourth-order valence-corrected chi connectivity index (χ4v) is 2.27. The molecule has 0 atom stereocenters. The summed E-state index contributed by atoms with van der Waals surface area (Å²) in [6.45, 7) is 3.98. The number of nitro benzene ring substituents is 1. The van der Waals surface area contributed by atoms with Crippen LogP contribution in [0, 0.1) is 16.0 Å². The summed E-state index contributed by atoms with van der Waals surface area (Å²) in [6.07, 6.45) is 0.666. The molecule has 0 fully saturated rings. The molecular formula is C15H18N2O5. The van der Waals surface area contributed by atoms with Crippen molar-refractivity contribution in [1.82, 2.24) is 0 Å². The van der Waals surface area contributed by atoms with Gasteiger partial charge in [0, 0.05) is 24.2 Å². The van der Waals surface area contributed by atoms with Crippen molar-refractivity contribution in [2.45, 2.75) is 26.7 Å². The van der Waals surface area contributed by atoms with Crippen LogP contribution in [0.1, 0.15) is 25.8 Å². The van der Waals surface area contributed by atoms with Gasteiger partial charge in [0.05, 0.1) is 11.5 Å². The number of nitro groups is 1. The third-order valence-electron chi connectivity index (χ3n) is 3.34. The van der Waals surface area contributed by atoms with E-state index in [1.807, 2.05) is 13.8 Å². The van der Waals surface area contributed by atoms with E-state index in [1.165, 1.54) is 23.1 Å². The van der Waals surface area contributed by atoms with Gasteiger partial charge >= 0.3 is 5.97 Å². The second-order valence-electron chi connectivity index (χ2n) is 5.63. The maximum atomic E-state index is 12.0. The Balaban J connectivity index is 2.17. The van der Waals surface area contributed by atoms with E-state index in [2.05, 4.69) is 0 Å². The number of carbonyl (C=O) groups excluding carboxylic acids is 2. The molecule has 1 aromatic carbocycles. The van der Waals surface area contributed by atoms with Crippen molar-refractivity contribution < 1.29 is 19.2 Å². The number of carbonyl (C=O) groups is 2. The van der Waals surface area contributed by atoms with Crippen LogP contribution in [-0.2, 0) is 20.7 Å². The highest BCUT2D eigenvalue weighted by Gasteiger charge is 2.27. The van der Waals surface area contributed by atoms with Gasteiger partial charge in [-0.2, -0.15) is 0 Å². The number of nitrogens with zero attached hydrogens (tertiary/aromatic N) is 2. The van der Waals surface area contributed by atoms with Gasteiger partial charge in [-0.15, -0.1) is 0 Å². The molecule has 0 radical (unpaired) electrons. The molecule has 1 heterocycles. The fraction of sp³-hybridized carbons (Fsp3) is 0.467. The highest BCUT2D eigenvalue weighted by atomic mass is 16.6. The van der Waals surface area contributed by atoms with Crippen LogP contribution >= 0.6 is 0 Å². The summed E-state index contributed by atoms with van der Waals surface area (Å²) in [4.78, 5) is 35.5. The van der Waals surface area contributed by atoms with Crippen LogP contribution in [0.2, 0.25) is 0 Å². The molecule has 0 N–H and O–H groups in total. The van der Waals surface area contributed by atoms with Gasteiger partial charge in [0.15, 0.2) is 0 Å². The Hall–Kier alpha value is -2.44. The zero-order valence-corrected chi connectivity index (χ0v) is 12.6.